The van der Waals surface area contributed by atoms with E-state index in [1.54, 1.807) is 6.92 Å². The van der Waals surface area contributed by atoms with Gasteiger partial charge in [-0.25, -0.2) is 13.1 Å². The van der Waals surface area contributed by atoms with Gasteiger partial charge in [0.15, 0.2) is 6.61 Å². The number of carbonyl (C=O) groups is 1. The monoisotopic (exact) mass is 472 g/mol. The molecule has 3 aromatic carbocycles. The number of amides is 1. The van der Waals surface area contributed by atoms with E-state index in [0.29, 0.717) is 5.69 Å². The molecular weight excluding hydrogens is 448 g/mol. The van der Waals surface area contributed by atoms with E-state index in [-0.39, 0.29) is 28.2 Å². The highest BCUT2D eigenvalue weighted by atomic mass is 35.5. The number of carbonyl (C=O) groups excluding carboxylic acids is 1. The van der Waals surface area contributed by atoms with Crippen LogP contribution < -0.4 is 14.8 Å². The Morgan fingerprint density at radius 3 is 2.41 bits per heavy atom. The Bertz CT molecular complexity index is 1210. The Balaban J connectivity index is 1.63. The van der Waals surface area contributed by atoms with Crippen molar-refractivity contribution >= 4 is 33.2 Å². The summed E-state index contributed by atoms with van der Waals surface area (Å²) in [7, 11) is -3.80. The molecule has 0 heterocycles. The number of ether oxygens (including phenoxy) is 1. The van der Waals surface area contributed by atoms with Gasteiger partial charge in [-0.2, -0.15) is 0 Å². The second-order valence-electron chi connectivity index (χ2n) is 7.50. The smallest absolute Gasteiger partial charge is 0.262 e. The number of sulfonamides is 1. The second-order valence-corrected chi connectivity index (χ2v) is 9.62. The van der Waals surface area contributed by atoms with Crippen molar-refractivity contribution in [2.75, 3.05) is 11.9 Å². The lowest BCUT2D eigenvalue weighted by atomic mass is 10.1. The molecular formula is C24H25ClN2O4S. The van der Waals surface area contributed by atoms with Crippen LogP contribution in [-0.4, -0.2) is 20.9 Å². The fourth-order valence-electron chi connectivity index (χ4n) is 3.16. The third kappa shape index (κ3) is 6.09. The van der Waals surface area contributed by atoms with Crippen molar-refractivity contribution in [2.45, 2.75) is 31.7 Å². The normalized spacial score (nSPS) is 12.2. The van der Waals surface area contributed by atoms with E-state index in [9.17, 15) is 13.2 Å². The summed E-state index contributed by atoms with van der Waals surface area (Å²) < 4.78 is 33.6. The van der Waals surface area contributed by atoms with Gasteiger partial charge >= 0.3 is 0 Å². The fourth-order valence-corrected chi connectivity index (χ4v) is 4.72. The molecule has 0 saturated heterocycles. The van der Waals surface area contributed by atoms with Crippen molar-refractivity contribution in [3.05, 3.63) is 88.4 Å². The average Bonchev–Trinajstić information content (AvgIpc) is 2.75. The molecule has 8 heteroatoms. The zero-order valence-electron chi connectivity index (χ0n) is 18.1. The Morgan fingerprint density at radius 1 is 1.03 bits per heavy atom. The van der Waals surface area contributed by atoms with Gasteiger partial charge in [-0.15, -0.1) is 0 Å². The maximum absolute atomic E-state index is 12.7. The number of rotatable bonds is 8. The molecule has 0 radical (unpaired) electrons. The molecule has 3 rings (SSSR count). The van der Waals surface area contributed by atoms with Gasteiger partial charge in [-0.05, 0) is 56.2 Å². The van der Waals surface area contributed by atoms with Gasteiger partial charge in [0.2, 0.25) is 10.0 Å². The summed E-state index contributed by atoms with van der Waals surface area (Å²) in [6.45, 7) is 5.39. The highest BCUT2D eigenvalue weighted by Crippen LogP contribution is 2.28. The molecule has 0 spiro atoms. The van der Waals surface area contributed by atoms with Crippen molar-refractivity contribution < 1.29 is 17.9 Å². The number of anilines is 1. The highest BCUT2D eigenvalue weighted by molar-refractivity contribution is 7.89. The van der Waals surface area contributed by atoms with E-state index in [4.69, 9.17) is 16.3 Å². The molecule has 168 valence electrons. The first-order valence-corrected chi connectivity index (χ1v) is 11.9. The van der Waals surface area contributed by atoms with Crippen molar-refractivity contribution in [3.63, 3.8) is 0 Å². The molecule has 0 aliphatic rings. The summed E-state index contributed by atoms with van der Waals surface area (Å²) >= 11 is 6.23. The molecule has 0 aliphatic heterocycles. The molecule has 0 saturated carbocycles. The van der Waals surface area contributed by atoms with Crippen molar-refractivity contribution in [1.29, 1.82) is 0 Å². The third-order valence-corrected chi connectivity index (χ3v) is 6.69. The minimum Gasteiger partial charge on any atom is -0.482 e. The molecule has 0 aliphatic carbocycles. The Hall–Kier alpha value is -2.87. The average molecular weight is 473 g/mol. The van der Waals surface area contributed by atoms with Crippen LogP contribution in [0.2, 0.25) is 5.02 Å². The third-order valence-electron chi connectivity index (χ3n) is 4.86. The van der Waals surface area contributed by atoms with Crippen LogP contribution in [0.3, 0.4) is 0 Å². The number of nitrogens with one attached hydrogen (secondary N) is 2. The summed E-state index contributed by atoms with van der Waals surface area (Å²) in [6, 6.07) is 18.7. The van der Waals surface area contributed by atoms with Crippen molar-refractivity contribution in [1.82, 2.24) is 4.72 Å². The van der Waals surface area contributed by atoms with Gasteiger partial charge in [-0.3, -0.25) is 4.79 Å². The Morgan fingerprint density at radius 2 is 1.75 bits per heavy atom. The SMILES string of the molecule is Cc1ccc(NC(=O)COc2ccc(S(=O)(=O)NC(C)c3ccccc3)cc2Cl)c(C)c1. The lowest BCUT2D eigenvalue weighted by Crippen LogP contribution is -2.27. The summed E-state index contributed by atoms with van der Waals surface area (Å²) in [4.78, 5) is 12.2. The Labute approximate surface area is 193 Å². The van der Waals surface area contributed by atoms with Crippen molar-refractivity contribution in [2.24, 2.45) is 0 Å². The lowest BCUT2D eigenvalue weighted by Gasteiger charge is -2.15. The predicted octanol–water partition coefficient (Wildman–Crippen LogP) is 5.01. The van der Waals surface area contributed by atoms with Crippen LogP contribution in [0, 0.1) is 13.8 Å². The fraction of sp³-hybridized carbons (Fsp3) is 0.208. The molecule has 2 N–H and O–H groups in total. The van der Waals surface area contributed by atoms with E-state index < -0.39 is 16.1 Å². The quantitative estimate of drug-likeness (QED) is 0.482. The first-order chi connectivity index (χ1) is 15.2. The summed E-state index contributed by atoms with van der Waals surface area (Å²) in [6.07, 6.45) is 0. The number of hydrogen-bond acceptors (Lipinski definition) is 4. The van der Waals surface area contributed by atoms with Crippen molar-refractivity contribution in [3.8, 4) is 5.75 Å². The molecule has 0 aromatic heterocycles. The van der Waals surface area contributed by atoms with E-state index in [1.807, 2.05) is 62.4 Å². The Kier molecular flexibility index (Phi) is 7.56. The van der Waals surface area contributed by atoms with Crippen LogP contribution in [0.25, 0.3) is 0 Å². The minimum atomic E-state index is -3.80. The second kappa shape index (κ2) is 10.2. The maximum Gasteiger partial charge on any atom is 0.262 e. The number of halogens is 1. The van der Waals surface area contributed by atoms with Gasteiger partial charge in [0.1, 0.15) is 5.75 Å². The first-order valence-electron chi connectivity index (χ1n) is 10.0. The maximum atomic E-state index is 12.7. The van der Waals surface area contributed by atoms with Crippen LogP contribution >= 0.6 is 11.6 Å². The van der Waals surface area contributed by atoms with E-state index in [1.165, 1.54) is 18.2 Å². The van der Waals surface area contributed by atoms with Gasteiger partial charge in [0, 0.05) is 11.7 Å². The molecule has 6 nitrogen and oxygen atoms in total. The first kappa shape index (κ1) is 23.8. The number of aryl methyl sites for hydroxylation is 2. The number of benzene rings is 3. The summed E-state index contributed by atoms with van der Waals surface area (Å²) in [5.74, 6) is -0.124. The predicted molar refractivity (Wildman–Crippen MR) is 127 cm³/mol. The van der Waals surface area contributed by atoms with Crippen LogP contribution in [0.1, 0.15) is 29.7 Å². The molecule has 1 unspecified atom stereocenters. The molecule has 1 atom stereocenters. The van der Waals surface area contributed by atoms with E-state index in [0.717, 1.165) is 16.7 Å². The van der Waals surface area contributed by atoms with Crippen LogP contribution in [0.15, 0.2) is 71.6 Å². The van der Waals surface area contributed by atoms with Gasteiger partial charge in [-0.1, -0.05) is 59.6 Å². The van der Waals surface area contributed by atoms with Crippen LogP contribution in [0.5, 0.6) is 5.75 Å². The van der Waals surface area contributed by atoms with Crippen LogP contribution in [0.4, 0.5) is 5.69 Å². The van der Waals surface area contributed by atoms with Gasteiger partial charge in [0.05, 0.1) is 9.92 Å². The minimum absolute atomic E-state index is 0.0114. The lowest BCUT2D eigenvalue weighted by molar-refractivity contribution is -0.118. The molecule has 1 amide bonds. The standard InChI is InChI=1S/C24H25ClN2O4S/c1-16-9-11-22(17(2)13-16)26-24(28)15-31-23-12-10-20(14-21(23)25)32(29,30)27-18(3)19-7-5-4-6-8-19/h4-14,18,27H,15H2,1-3H3,(H,26,28). The zero-order valence-corrected chi connectivity index (χ0v) is 19.6. The molecule has 0 fully saturated rings. The van der Waals surface area contributed by atoms with Gasteiger partial charge < -0.3 is 10.1 Å². The van der Waals surface area contributed by atoms with Crippen LogP contribution in [-0.2, 0) is 14.8 Å². The largest absolute Gasteiger partial charge is 0.482 e. The number of hydrogen-bond donors (Lipinski definition) is 2. The molecule has 0 bridgehead atoms. The van der Waals surface area contributed by atoms with Gasteiger partial charge in [0.25, 0.3) is 5.91 Å². The molecule has 3 aromatic rings. The summed E-state index contributed by atoms with van der Waals surface area (Å²) in [5.41, 5.74) is 3.60. The molecule has 32 heavy (non-hydrogen) atoms. The highest BCUT2D eigenvalue weighted by Gasteiger charge is 2.20. The topological polar surface area (TPSA) is 84.5 Å². The van der Waals surface area contributed by atoms with E-state index >= 15 is 0 Å². The summed E-state index contributed by atoms with van der Waals surface area (Å²) in [5, 5.41) is 2.88. The zero-order chi connectivity index (χ0) is 23.3. The van der Waals surface area contributed by atoms with E-state index in [2.05, 4.69) is 10.0 Å².